The van der Waals surface area contributed by atoms with Crippen molar-refractivity contribution in [3.8, 4) is 5.75 Å². The Morgan fingerprint density at radius 3 is 1.91 bits per heavy atom. The minimum atomic E-state index is -1.00. The van der Waals surface area contributed by atoms with Gasteiger partial charge >= 0.3 is 5.97 Å². The Bertz CT molecular complexity index is 995. The molecule has 1 N–H and O–H groups in total. The number of rotatable bonds is 8. The minimum absolute atomic E-state index is 0.126. The quantitative estimate of drug-likeness (QED) is 0.575. The molecule has 2 atom stereocenters. The first-order valence-electron chi connectivity index (χ1n) is 11.6. The Balaban J connectivity index is 2.29. The van der Waals surface area contributed by atoms with Crippen LogP contribution in [-0.2, 0) is 9.59 Å². The van der Waals surface area contributed by atoms with E-state index >= 15 is 0 Å². The molecule has 1 amide bonds. The van der Waals surface area contributed by atoms with Gasteiger partial charge in [0.1, 0.15) is 5.75 Å². The van der Waals surface area contributed by atoms with E-state index in [9.17, 15) is 14.7 Å². The summed E-state index contributed by atoms with van der Waals surface area (Å²) in [6.45, 7) is 15.7. The van der Waals surface area contributed by atoms with Crippen LogP contribution < -0.4 is 4.74 Å². The fourth-order valence-electron chi connectivity index (χ4n) is 6.26. The first-order valence-corrected chi connectivity index (χ1v) is 11.6. The van der Waals surface area contributed by atoms with Crippen molar-refractivity contribution in [2.45, 2.75) is 61.3 Å². The molecule has 0 aromatic heterocycles. The van der Waals surface area contributed by atoms with Crippen molar-refractivity contribution in [1.29, 1.82) is 0 Å². The molecule has 32 heavy (non-hydrogen) atoms. The monoisotopic (exact) mass is 439 g/mol. The minimum Gasteiger partial charge on any atom is -0.497 e. The van der Waals surface area contributed by atoms with E-state index in [1.165, 1.54) is 0 Å². The molecule has 0 aliphatic heterocycles. The van der Waals surface area contributed by atoms with Crippen LogP contribution in [0.15, 0.2) is 41.0 Å². The molecule has 0 fully saturated rings. The van der Waals surface area contributed by atoms with Gasteiger partial charge in [-0.05, 0) is 48.4 Å². The molecule has 2 bridgehead atoms. The number of carbonyl (C=O) groups is 2. The van der Waals surface area contributed by atoms with Gasteiger partial charge in [0.2, 0.25) is 0 Å². The second-order valence-electron chi connectivity index (χ2n) is 9.95. The summed E-state index contributed by atoms with van der Waals surface area (Å²) in [5.41, 5.74) is 1.82. The van der Waals surface area contributed by atoms with E-state index in [1.807, 2.05) is 49.9 Å². The number of benzene rings is 1. The maximum Gasteiger partial charge on any atom is 0.333 e. The summed E-state index contributed by atoms with van der Waals surface area (Å²) in [4.78, 5) is 28.5. The number of allylic oxidation sites excluding steroid dienone is 2. The molecule has 2 aliphatic carbocycles. The lowest BCUT2D eigenvalue weighted by molar-refractivity contribution is -0.134. The molecular formula is C27H37NO4. The van der Waals surface area contributed by atoms with Gasteiger partial charge in [0.25, 0.3) is 5.91 Å². The second kappa shape index (κ2) is 8.09. The molecule has 1 aromatic carbocycles. The lowest BCUT2D eigenvalue weighted by Gasteiger charge is -2.43. The smallest absolute Gasteiger partial charge is 0.333 e. The number of carboxylic acid groups (broad SMARTS) is 1. The van der Waals surface area contributed by atoms with Crippen molar-refractivity contribution < 1.29 is 19.4 Å². The van der Waals surface area contributed by atoms with Crippen molar-refractivity contribution >= 4 is 17.4 Å². The summed E-state index contributed by atoms with van der Waals surface area (Å²) < 4.78 is 5.32. The SMILES string of the molecule is CCCN(CCC)C(=O)C1=C(C(=O)O)C2(C)C(c3ccc(OC)cc3)=C(C)C1(C)C2(C)C. The zero-order valence-electron chi connectivity index (χ0n) is 20.8. The summed E-state index contributed by atoms with van der Waals surface area (Å²) in [5, 5.41) is 10.5. The lowest BCUT2D eigenvalue weighted by atomic mass is 9.59. The molecule has 0 saturated carbocycles. The third-order valence-corrected chi connectivity index (χ3v) is 8.46. The number of methoxy groups -OCH3 is 1. The predicted octanol–water partition coefficient (Wildman–Crippen LogP) is 5.56. The van der Waals surface area contributed by atoms with E-state index in [-0.39, 0.29) is 11.5 Å². The van der Waals surface area contributed by atoms with E-state index in [2.05, 4.69) is 27.7 Å². The van der Waals surface area contributed by atoms with Crippen molar-refractivity contribution in [1.82, 2.24) is 4.90 Å². The number of carbonyl (C=O) groups excluding carboxylic acids is 1. The highest BCUT2D eigenvalue weighted by molar-refractivity contribution is 6.11. The number of carboxylic acids is 1. The standard InChI is InChI=1S/C27H37NO4/c1-9-15-28(16-10-2)23(29)21-22(24(30)31)27(7)20(17(3)26(21,6)25(27,4)5)18-11-13-19(32-8)14-12-18/h11-14H,9-10,15-16H2,1-8H3,(H,30,31). The summed E-state index contributed by atoms with van der Waals surface area (Å²) in [7, 11) is 1.63. The molecule has 3 rings (SSSR count). The molecule has 5 heteroatoms. The fraction of sp³-hybridized carbons (Fsp3) is 0.556. The largest absolute Gasteiger partial charge is 0.497 e. The third kappa shape index (κ3) is 2.89. The topological polar surface area (TPSA) is 66.8 Å². The van der Waals surface area contributed by atoms with Crippen LogP contribution in [-0.4, -0.2) is 42.1 Å². The average molecular weight is 440 g/mol. The molecule has 5 nitrogen and oxygen atoms in total. The van der Waals surface area contributed by atoms with Gasteiger partial charge in [0.15, 0.2) is 0 Å². The maximum atomic E-state index is 13.9. The van der Waals surface area contributed by atoms with Crippen LogP contribution in [0.3, 0.4) is 0 Å². The van der Waals surface area contributed by atoms with E-state index < -0.39 is 22.2 Å². The average Bonchev–Trinajstić information content (AvgIpc) is 2.96. The molecule has 1 aromatic rings. The number of fused-ring (bicyclic) bond motifs is 2. The Morgan fingerprint density at radius 2 is 1.47 bits per heavy atom. The summed E-state index contributed by atoms with van der Waals surface area (Å²) >= 11 is 0. The van der Waals surface area contributed by atoms with Gasteiger partial charge in [0, 0.05) is 29.5 Å². The van der Waals surface area contributed by atoms with Gasteiger partial charge in [-0.1, -0.05) is 59.2 Å². The van der Waals surface area contributed by atoms with Gasteiger partial charge in [0.05, 0.1) is 12.7 Å². The van der Waals surface area contributed by atoms with Crippen molar-refractivity contribution in [3.05, 3.63) is 46.5 Å². The van der Waals surface area contributed by atoms with E-state index in [4.69, 9.17) is 4.74 Å². The summed E-state index contributed by atoms with van der Waals surface area (Å²) in [5.74, 6) is -0.372. The molecular weight excluding hydrogens is 402 g/mol. The molecule has 0 heterocycles. The Kier molecular flexibility index (Phi) is 6.09. The number of hydrogen-bond acceptors (Lipinski definition) is 3. The normalized spacial score (nSPS) is 26.0. The summed E-state index contributed by atoms with van der Waals surface area (Å²) in [6, 6.07) is 7.79. The summed E-state index contributed by atoms with van der Waals surface area (Å²) in [6.07, 6.45) is 1.68. The Labute approximate surface area is 192 Å². The number of aliphatic carboxylic acids is 1. The second-order valence-corrected chi connectivity index (χ2v) is 9.95. The number of ether oxygens (including phenoxy) is 1. The van der Waals surface area contributed by atoms with Gasteiger partial charge in [-0.2, -0.15) is 0 Å². The zero-order valence-corrected chi connectivity index (χ0v) is 20.8. The van der Waals surface area contributed by atoms with Crippen LogP contribution in [0.1, 0.15) is 66.9 Å². The molecule has 2 unspecified atom stereocenters. The maximum absolute atomic E-state index is 13.9. The molecule has 0 saturated heterocycles. The number of amides is 1. The van der Waals surface area contributed by atoms with Crippen molar-refractivity contribution in [2.24, 2.45) is 16.2 Å². The Morgan fingerprint density at radius 1 is 0.938 bits per heavy atom. The van der Waals surface area contributed by atoms with Gasteiger partial charge in [-0.15, -0.1) is 0 Å². The van der Waals surface area contributed by atoms with E-state index in [0.717, 1.165) is 35.3 Å². The highest BCUT2D eigenvalue weighted by Gasteiger charge is 2.72. The number of nitrogens with zero attached hydrogens (tertiary/aromatic N) is 1. The lowest BCUT2D eigenvalue weighted by Crippen LogP contribution is -2.42. The van der Waals surface area contributed by atoms with Crippen LogP contribution >= 0.6 is 0 Å². The van der Waals surface area contributed by atoms with Gasteiger partial charge in [-0.25, -0.2) is 4.79 Å². The first kappa shape index (κ1) is 24.1. The number of hydrogen-bond donors (Lipinski definition) is 1. The first-order chi connectivity index (χ1) is 14.9. The molecule has 2 aliphatic rings. The highest BCUT2D eigenvalue weighted by Crippen LogP contribution is 2.77. The molecule has 0 radical (unpaired) electrons. The van der Waals surface area contributed by atoms with E-state index in [1.54, 1.807) is 7.11 Å². The Hall–Kier alpha value is -2.56. The van der Waals surface area contributed by atoms with Gasteiger partial charge < -0.3 is 14.7 Å². The van der Waals surface area contributed by atoms with Crippen LogP contribution in [0, 0.1) is 16.2 Å². The van der Waals surface area contributed by atoms with Crippen LogP contribution in [0.2, 0.25) is 0 Å². The van der Waals surface area contributed by atoms with Crippen LogP contribution in [0.25, 0.3) is 5.57 Å². The van der Waals surface area contributed by atoms with E-state index in [0.29, 0.717) is 18.7 Å². The predicted molar refractivity (Wildman–Crippen MR) is 127 cm³/mol. The molecule has 174 valence electrons. The van der Waals surface area contributed by atoms with Crippen LogP contribution in [0.5, 0.6) is 5.75 Å². The highest BCUT2D eigenvalue weighted by atomic mass is 16.5. The fourth-order valence-corrected chi connectivity index (χ4v) is 6.26. The van der Waals surface area contributed by atoms with Crippen LogP contribution in [0.4, 0.5) is 0 Å². The third-order valence-electron chi connectivity index (χ3n) is 8.46. The van der Waals surface area contributed by atoms with Crippen molar-refractivity contribution in [2.75, 3.05) is 20.2 Å². The van der Waals surface area contributed by atoms with Crippen molar-refractivity contribution in [3.63, 3.8) is 0 Å². The zero-order chi connectivity index (χ0) is 24.1. The molecule has 0 spiro atoms. The van der Waals surface area contributed by atoms with Gasteiger partial charge in [-0.3, -0.25) is 4.79 Å².